The molecular formula is C135H97N11SSi3. The zero-order valence-electron chi connectivity index (χ0n) is 83.4. The van der Waals surface area contributed by atoms with Crippen molar-refractivity contribution in [1.29, 1.82) is 0 Å². The van der Waals surface area contributed by atoms with Gasteiger partial charge in [0, 0.05) is 86.0 Å². The topological polar surface area (TPSA) is 126 Å². The van der Waals surface area contributed by atoms with Crippen molar-refractivity contribution in [1.82, 2.24) is 54.0 Å². The second kappa shape index (κ2) is 36.8. The number of fused-ring (bicyclic) bond motifs is 18. The van der Waals surface area contributed by atoms with Gasteiger partial charge in [0.15, 0.2) is 29.1 Å². The molecule has 11 nitrogen and oxygen atoms in total. The third kappa shape index (κ3) is 15.6. The number of para-hydroxylation sites is 4. The molecule has 3 aliphatic rings. The van der Waals surface area contributed by atoms with Crippen LogP contribution in [-0.4, -0.2) is 78.2 Å². The summed E-state index contributed by atoms with van der Waals surface area (Å²) >= 11 is 1.87. The van der Waals surface area contributed by atoms with E-state index in [-0.39, 0.29) is 0 Å². The standard InChI is InChI=1S/C48H35N3Si.C48H34N2SSi.C39H28N6Si/c1-52(2)44-28-11-8-25-41(44)46-47(52)45(36-20-13-19-35(30-36)34-18-12-17-33(29-34)32-15-4-3-5-16-32)49-48(50-46)37-21-14-22-38(31-37)51-42-26-9-6-23-39(42)40-24-7-10-27-43(40)51;1-52(2)43-27-9-7-23-41(43)45-47(52)44(36-20-11-18-34(29-36)33-17-10-16-32(28-33)31-14-4-3-5-15-31)49-48(50-45)37-21-12-19-35(30-37)38-24-13-25-40-39-22-6-8-26-42(39)51-46(38)40;1-46(2)32-24-14-11-21-29(32)33-35(46)34(41-39(40-33)45-30-22-12-9-19-27(30)28-20-10-13-23-31(28)45)38-43-36(25-15-5-3-6-16-25)42-37(44-38)26-17-7-4-8-18-26/h3-31H,1-2H3;3-30H,1-2H3;3-24H,1-2H3. The molecule has 26 aromatic rings. The molecule has 0 radical (unpaired) electrons. The van der Waals surface area contributed by atoms with Crippen molar-refractivity contribution in [3.8, 4) is 181 Å². The molecule has 0 atom stereocenters. The van der Waals surface area contributed by atoms with Crippen molar-refractivity contribution < 1.29 is 0 Å². The van der Waals surface area contributed by atoms with Crippen LogP contribution in [0, 0.1) is 0 Å². The molecular weight excluding hydrogens is 1890 g/mol. The van der Waals surface area contributed by atoms with E-state index in [1.165, 1.54) is 140 Å². The van der Waals surface area contributed by atoms with Gasteiger partial charge in [-0.05, 0) is 171 Å². The summed E-state index contributed by atoms with van der Waals surface area (Å²) in [5, 5.41) is 15.4. The van der Waals surface area contributed by atoms with Gasteiger partial charge in [0.2, 0.25) is 5.95 Å². The predicted molar refractivity (Wildman–Crippen MR) is 633 cm³/mol. The van der Waals surface area contributed by atoms with Crippen molar-refractivity contribution in [2.24, 2.45) is 0 Å². The lowest BCUT2D eigenvalue weighted by Crippen LogP contribution is -2.50. The molecule has 3 aliphatic heterocycles. The van der Waals surface area contributed by atoms with E-state index in [9.17, 15) is 0 Å². The summed E-state index contributed by atoms with van der Waals surface area (Å²) in [5.41, 5.74) is 33.3. The average Bonchev–Trinajstić information content (AvgIpc) is 1.53. The van der Waals surface area contributed by atoms with Crippen LogP contribution in [0.3, 0.4) is 0 Å². The van der Waals surface area contributed by atoms with Gasteiger partial charge >= 0.3 is 0 Å². The molecule has 0 N–H and O–H groups in total. The van der Waals surface area contributed by atoms with Crippen LogP contribution in [-0.2, 0) is 0 Å². The normalized spacial score (nSPS) is 13.0. The van der Waals surface area contributed by atoms with E-state index in [4.69, 9.17) is 44.9 Å². The minimum absolute atomic E-state index is 0.557. The molecule has 0 amide bonds. The largest absolute Gasteiger partial charge is 0.309 e. The first-order valence-corrected chi connectivity index (χ1v) is 61.0. The Bertz CT molecular complexity index is 9740. The van der Waals surface area contributed by atoms with Gasteiger partial charge in [-0.1, -0.05) is 446 Å². The predicted octanol–water partition coefficient (Wildman–Crippen LogP) is 30.6. The van der Waals surface area contributed by atoms with Crippen molar-refractivity contribution >= 4 is 130 Å². The Hall–Kier alpha value is -18.1. The Labute approximate surface area is 876 Å². The fourth-order valence-corrected chi connectivity index (χ4v) is 34.2. The van der Waals surface area contributed by atoms with Gasteiger partial charge in [0.05, 0.1) is 50.5 Å². The number of nitrogens with zero attached hydrogens (tertiary/aromatic N) is 11. The SMILES string of the molecule is C[Si]1(C)c2ccccc2-c2nc(-c3cccc(-c4cccc5c4sc4ccccc45)c3)nc(-c3cccc(-c4cccc(-c5ccccc5)c4)c3)c21.C[Si]1(C)c2ccccc2-c2nc(-c3cccc(-n4c5ccccc5c5ccccc54)c3)nc(-c3cccc(-c4cccc(-c5ccccc5)c4)c3)c21.C[Si]1(C)c2ccccc2-c2nc(-n3c4ccccc4c4ccccc43)nc(-c3nc(-c4ccccc4)nc(-c4ccccc4)n3)c21. The van der Waals surface area contributed by atoms with Crippen molar-refractivity contribution in [3.63, 3.8) is 0 Å². The summed E-state index contributed by atoms with van der Waals surface area (Å²) in [6.45, 7) is 14.5. The molecule has 0 spiro atoms. The Morgan fingerprint density at radius 2 is 0.460 bits per heavy atom. The number of hydrogen-bond donors (Lipinski definition) is 0. The first kappa shape index (κ1) is 90.6. The lowest BCUT2D eigenvalue weighted by atomic mass is 9.97. The molecule has 0 saturated carbocycles. The maximum atomic E-state index is 5.52. The summed E-state index contributed by atoms with van der Waals surface area (Å²) < 4.78 is 7.17. The molecule has 19 aromatic carbocycles. The molecule has 0 unspecified atom stereocenters. The molecule has 15 heteroatoms. The fraction of sp³-hybridized carbons (Fsp3) is 0.0444. The van der Waals surface area contributed by atoms with Gasteiger partial charge in [-0.15, -0.1) is 11.3 Å². The smallest absolute Gasteiger partial charge is 0.235 e. The Morgan fingerprint density at radius 1 is 0.180 bits per heavy atom. The summed E-state index contributed by atoms with van der Waals surface area (Å²) in [4.78, 5) is 48.0. The summed E-state index contributed by atoms with van der Waals surface area (Å²) in [7, 11) is -6.50. The van der Waals surface area contributed by atoms with Crippen molar-refractivity contribution in [3.05, 3.63) is 479 Å². The van der Waals surface area contributed by atoms with Crippen LogP contribution in [0.1, 0.15) is 0 Å². The second-order valence-electron chi connectivity index (χ2n) is 40.6. The van der Waals surface area contributed by atoms with Crippen molar-refractivity contribution in [2.45, 2.75) is 39.3 Å². The summed E-state index contributed by atoms with van der Waals surface area (Å²) in [5.74, 6) is 3.90. The molecule has 150 heavy (non-hydrogen) atoms. The quantitative estimate of drug-likeness (QED) is 0.0978. The second-order valence-corrected chi connectivity index (χ2v) is 54.5. The van der Waals surface area contributed by atoms with Gasteiger partial charge in [-0.25, -0.2) is 44.9 Å². The van der Waals surface area contributed by atoms with Gasteiger partial charge in [-0.3, -0.25) is 4.57 Å². The fourth-order valence-electron chi connectivity index (χ4n) is 23.3. The molecule has 0 saturated heterocycles. The Kier molecular flexibility index (Phi) is 22.3. The summed E-state index contributed by atoms with van der Waals surface area (Å²) in [6.07, 6.45) is 0. The number of hydrogen-bond acceptors (Lipinski definition) is 10. The Balaban J connectivity index is 0.000000111. The van der Waals surface area contributed by atoms with E-state index in [0.29, 0.717) is 23.4 Å². The van der Waals surface area contributed by atoms with E-state index in [2.05, 4.69) is 467 Å². The minimum Gasteiger partial charge on any atom is -0.309 e. The number of aromatic nitrogens is 11. The highest BCUT2D eigenvalue weighted by atomic mass is 32.1. The molecule has 10 heterocycles. The first-order valence-electron chi connectivity index (χ1n) is 51.2. The monoisotopic (exact) mass is 1990 g/mol. The van der Waals surface area contributed by atoms with E-state index >= 15 is 0 Å². The minimum atomic E-state index is -2.25. The van der Waals surface area contributed by atoms with E-state index in [0.717, 1.165) is 112 Å². The highest BCUT2D eigenvalue weighted by molar-refractivity contribution is 7.26. The Morgan fingerprint density at radius 3 is 0.913 bits per heavy atom. The third-order valence-electron chi connectivity index (χ3n) is 30.5. The first-order chi connectivity index (χ1) is 73.6. The zero-order chi connectivity index (χ0) is 100. The lowest BCUT2D eigenvalue weighted by Gasteiger charge is -2.22. The van der Waals surface area contributed by atoms with Crippen molar-refractivity contribution in [2.75, 3.05) is 0 Å². The van der Waals surface area contributed by atoms with Crippen LogP contribution in [0.15, 0.2) is 479 Å². The van der Waals surface area contributed by atoms with Crippen LogP contribution >= 0.6 is 11.3 Å². The van der Waals surface area contributed by atoms with E-state index in [1.54, 1.807) is 0 Å². The van der Waals surface area contributed by atoms with E-state index in [1.807, 2.05) is 72.0 Å². The number of rotatable bonds is 14. The van der Waals surface area contributed by atoms with Gasteiger partial charge < -0.3 is 4.57 Å². The molecule has 7 aromatic heterocycles. The van der Waals surface area contributed by atoms with Crippen LogP contribution in [0.5, 0.6) is 0 Å². The average molecular weight is 1990 g/mol. The van der Waals surface area contributed by atoms with E-state index < -0.39 is 24.2 Å². The lowest BCUT2D eigenvalue weighted by molar-refractivity contribution is 0.985. The molecule has 0 aliphatic carbocycles. The van der Waals surface area contributed by atoms with Crippen LogP contribution < -0.4 is 31.1 Å². The third-order valence-corrected chi connectivity index (χ3v) is 42.2. The molecule has 29 rings (SSSR count). The number of thiophene rings is 1. The molecule has 0 bridgehead atoms. The van der Waals surface area contributed by atoms with Gasteiger partial charge in [0.1, 0.15) is 29.9 Å². The maximum Gasteiger partial charge on any atom is 0.235 e. The van der Waals surface area contributed by atoms with Crippen LogP contribution in [0.25, 0.3) is 244 Å². The molecule has 710 valence electrons. The van der Waals surface area contributed by atoms with Crippen LogP contribution in [0.4, 0.5) is 0 Å². The summed E-state index contributed by atoms with van der Waals surface area (Å²) in [6, 6.07) is 170. The maximum absolute atomic E-state index is 5.52. The van der Waals surface area contributed by atoms with Gasteiger partial charge in [-0.2, -0.15) is 0 Å². The van der Waals surface area contributed by atoms with Crippen LogP contribution in [0.2, 0.25) is 39.3 Å². The highest BCUT2D eigenvalue weighted by Gasteiger charge is 2.46. The highest BCUT2D eigenvalue weighted by Crippen LogP contribution is 2.46. The zero-order valence-corrected chi connectivity index (χ0v) is 87.3. The molecule has 0 fully saturated rings. The number of benzene rings is 19. The van der Waals surface area contributed by atoms with Gasteiger partial charge in [0.25, 0.3) is 0 Å².